The van der Waals surface area contributed by atoms with E-state index in [4.69, 9.17) is 13.6 Å². The molecule has 0 spiro atoms. The fraction of sp³-hybridized carbons (Fsp3) is 0.667. The van der Waals surface area contributed by atoms with Crippen molar-refractivity contribution in [1.29, 1.82) is 0 Å². The third kappa shape index (κ3) is 12.2. The lowest BCUT2D eigenvalue weighted by atomic mass is 9.85. The van der Waals surface area contributed by atoms with Gasteiger partial charge in [0, 0.05) is 9.75 Å². The lowest BCUT2D eigenvalue weighted by Gasteiger charge is -2.37. The molecule has 0 atom stereocenters. The Labute approximate surface area is 272 Å². The van der Waals surface area contributed by atoms with Gasteiger partial charge in [-0.15, -0.1) is 11.3 Å². The van der Waals surface area contributed by atoms with Gasteiger partial charge in [-0.2, -0.15) is 0 Å². The van der Waals surface area contributed by atoms with Crippen molar-refractivity contribution in [3.8, 4) is 5.75 Å². The molecule has 0 saturated carbocycles. The topological polar surface area (TPSA) is 47.9 Å². The monoisotopic (exact) mass is 646 g/mol. The second-order valence-corrected chi connectivity index (χ2v) is 22.1. The first kappa shape index (κ1) is 38.0. The Morgan fingerprint density at radius 2 is 1.35 bits per heavy atom. The zero-order valence-electron chi connectivity index (χ0n) is 29.7. The summed E-state index contributed by atoms with van der Waals surface area (Å²) >= 11 is 1.80. The molecule has 0 radical (unpaired) electrons. The van der Waals surface area contributed by atoms with Gasteiger partial charge in [0.2, 0.25) is 0 Å². The van der Waals surface area contributed by atoms with Gasteiger partial charge in [0.25, 0.3) is 0 Å². The van der Waals surface area contributed by atoms with E-state index >= 15 is 0 Å². The molecule has 0 amide bonds. The molecule has 1 N–H and O–H groups in total. The molecule has 43 heavy (non-hydrogen) atoms. The van der Waals surface area contributed by atoms with Crippen molar-refractivity contribution < 1.29 is 18.7 Å². The first-order valence-electron chi connectivity index (χ1n) is 16.3. The maximum absolute atomic E-state index is 10.7. The molecule has 244 valence electrons. The number of ether oxygens (including phenoxy) is 1. The zero-order valence-corrected chi connectivity index (χ0v) is 33.3. The molecule has 1 heterocycles. The summed E-state index contributed by atoms with van der Waals surface area (Å²) in [5, 5.41) is 11.1. The van der Waals surface area contributed by atoms with Gasteiger partial charge in [-0.25, -0.2) is 0 Å². The van der Waals surface area contributed by atoms with E-state index in [2.05, 4.69) is 126 Å². The van der Waals surface area contributed by atoms with Crippen LogP contribution in [0.25, 0.3) is 5.57 Å². The number of thiophene rings is 1. The minimum atomic E-state index is -0.773. The summed E-state index contributed by atoms with van der Waals surface area (Å²) in [5.41, 5.74) is 2.27. The molecule has 2 rings (SSSR count). The Morgan fingerprint density at radius 3 is 1.86 bits per heavy atom. The Kier molecular flexibility index (Phi) is 13.6. The normalized spacial score (nSPS) is 14.5. The van der Waals surface area contributed by atoms with E-state index in [1.807, 2.05) is 0 Å². The van der Waals surface area contributed by atoms with Gasteiger partial charge in [0.1, 0.15) is 12.4 Å². The molecule has 0 aliphatic rings. The second-order valence-electron chi connectivity index (χ2n) is 15.5. The molecule has 2 aromatic rings. The van der Waals surface area contributed by atoms with Crippen LogP contribution in [0.15, 0.2) is 36.4 Å². The highest BCUT2D eigenvalue weighted by Gasteiger charge is 2.34. The summed E-state index contributed by atoms with van der Waals surface area (Å²) in [4.78, 5) is 2.49. The molecule has 4 nitrogen and oxygen atoms in total. The van der Waals surface area contributed by atoms with E-state index in [-0.39, 0.29) is 10.1 Å². The summed E-state index contributed by atoms with van der Waals surface area (Å²) in [6, 6.07) is 10.9. The van der Waals surface area contributed by atoms with Crippen LogP contribution < -0.4 is 4.74 Å². The van der Waals surface area contributed by atoms with Crippen LogP contribution in [-0.2, 0) is 26.7 Å². The van der Waals surface area contributed by atoms with Crippen molar-refractivity contribution in [2.24, 2.45) is 0 Å². The van der Waals surface area contributed by atoms with E-state index in [1.54, 1.807) is 11.3 Å². The number of hydrogen-bond donors (Lipinski definition) is 1. The fourth-order valence-corrected chi connectivity index (χ4v) is 7.84. The van der Waals surface area contributed by atoms with Crippen LogP contribution in [0.2, 0.25) is 10.1 Å². The Balaban J connectivity index is 2.28. The fourth-order valence-electron chi connectivity index (χ4n) is 4.91. The van der Waals surface area contributed by atoms with E-state index in [1.165, 1.54) is 20.9 Å². The average Bonchev–Trinajstić information content (AvgIpc) is 3.40. The van der Waals surface area contributed by atoms with E-state index in [0.717, 1.165) is 43.4 Å². The average molecular weight is 647 g/mol. The van der Waals surface area contributed by atoms with Gasteiger partial charge in [-0.3, -0.25) is 0 Å². The van der Waals surface area contributed by atoms with Crippen molar-refractivity contribution in [3.63, 3.8) is 0 Å². The molecule has 0 aliphatic carbocycles. The van der Waals surface area contributed by atoms with Crippen molar-refractivity contribution in [2.45, 2.75) is 156 Å². The van der Waals surface area contributed by atoms with Crippen LogP contribution in [0, 0.1) is 0 Å². The van der Waals surface area contributed by atoms with Crippen LogP contribution in [-0.4, -0.2) is 30.2 Å². The first-order valence-corrected chi connectivity index (χ1v) is 19.7. The lowest BCUT2D eigenvalue weighted by Crippen LogP contribution is -2.34. The maximum Gasteiger partial charge on any atom is 0.168 e. The van der Waals surface area contributed by atoms with Crippen LogP contribution in [0.5, 0.6) is 5.75 Å². The van der Waals surface area contributed by atoms with E-state index in [9.17, 15) is 5.11 Å². The molecule has 1 aromatic heterocycles. The SMILES string of the molecule is CCC(=CCCC(O)(CC)CC)c1ccc(COc2ccc(C(C)(C)O[SiH2]C(C)(C)C)c(C(C)(C)O[SiH2]C(C)(C)C)c2)s1. The van der Waals surface area contributed by atoms with Crippen LogP contribution in [0.1, 0.15) is 143 Å². The highest BCUT2D eigenvalue weighted by atomic mass is 32.1. The minimum Gasteiger partial charge on any atom is -0.488 e. The van der Waals surface area contributed by atoms with Gasteiger partial charge in [-0.1, -0.05) is 74.5 Å². The van der Waals surface area contributed by atoms with E-state index in [0.29, 0.717) is 6.61 Å². The van der Waals surface area contributed by atoms with Crippen molar-refractivity contribution in [3.05, 3.63) is 57.3 Å². The number of hydrogen-bond acceptors (Lipinski definition) is 5. The summed E-state index contributed by atoms with van der Waals surface area (Å²) in [6.07, 6.45) is 6.59. The van der Waals surface area contributed by atoms with Crippen LogP contribution >= 0.6 is 11.3 Å². The number of rotatable bonds is 16. The smallest absolute Gasteiger partial charge is 0.168 e. The number of allylic oxidation sites excluding steroid dienone is 2. The first-order chi connectivity index (χ1) is 19.7. The molecule has 0 saturated heterocycles. The Bertz CT molecular complexity index is 1180. The predicted octanol–water partition coefficient (Wildman–Crippen LogP) is 9.56. The number of benzene rings is 1. The van der Waals surface area contributed by atoms with Crippen LogP contribution in [0.4, 0.5) is 0 Å². The lowest BCUT2D eigenvalue weighted by molar-refractivity contribution is 0.0246. The largest absolute Gasteiger partial charge is 0.488 e. The highest BCUT2D eigenvalue weighted by molar-refractivity contribution is 7.13. The predicted molar refractivity (Wildman–Crippen MR) is 193 cm³/mol. The summed E-state index contributed by atoms with van der Waals surface area (Å²) < 4.78 is 19.8. The molecule has 0 bridgehead atoms. The van der Waals surface area contributed by atoms with Gasteiger partial charge in [-0.05, 0) is 111 Å². The van der Waals surface area contributed by atoms with Gasteiger partial charge in [0.15, 0.2) is 19.5 Å². The summed E-state index contributed by atoms with van der Waals surface area (Å²) in [7, 11) is -1.52. The van der Waals surface area contributed by atoms with Crippen molar-refractivity contribution >= 4 is 36.4 Å². The Hall–Kier alpha value is -1.23. The molecule has 0 aliphatic heterocycles. The third-order valence-electron chi connectivity index (χ3n) is 8.08. The molecule has 0 unspecified atom stereocenters. The molecule has 1 aromatic carbocycles. The van der Waals surface area contributed by atoms with Crippen molar-refractivity contribution in [1.82, 2.24) is 0 Å². The standard InChI is InChI=1S/C36H62O4SSi2/c1-14-26(18-17-23-36(37,15-2)16-3)31-22-20-28(41-31)25-38-27-19-21-29(34(10,11)39-42-32(4,5)6)30(24-27)35(12,13)40-43-33(7,8)9/h18-22,24,37H,14-17,23,25,42-43H2,1-13H3. The van der Waals surface area contributed by atoms with Gasteiger partial charge in [0.05, 0.1) is 16.8 Å². The second kappa shape index (κ2) is 15.4. The van der Waals surface area contributed by atoms with E-state index < -0.39 is 36.3 Å². The quantitative estimate of drug-likeness (QED) is 0.185. The summed E-state index contributed by atoms with van der Waals surface area (Å²) in [5.74, 6) is 0.858. The van der Waals surface area contributed by atoms with Gasteiger partial charge >= 0.3 is 0 Å². The van der Waals surface area contributed by atoms with Crippen LogP contribution in [0.3, 0.4) is 0 Å². The number of aliphatic hydroxyl groups is 1. The molecular weight excluding hydrogens is 585 g/mol. The minimum absolute atomic E-state index is 0.201. The third-order valence-corrected chi connectivity index (χ3v) is 12.7. The molecule has 7 heteroatoms. The maximum atomic E-state index is 10.7. The Morgan fingerprint density at radius 1 is 0.791 bits per heavy atom. The zero-order chi connectivity index (χ0) is 32.7. The van der Waals surface area contributed by atoms with Gasteiger partial charge < -0.3 is 18.7 Å². The summed E-state index contributed by atoms with van der Waals surface area (Å²) in [6.45, 7) is 29.2. The van der Waals surface area contributed by atoms with Crippen molar-refractivity contribution in [2.75, 3.05) is 0 Å². The molecular formula is C36H62O4SSi2. The molecule has 0 fully saturated rings. The highest BCUT2D eigenvalue weighted by Crippen LogP contribution is 2.40.